The third kappa shape index (κ3) is 3.73. The van der Waals surface area contributed by atoms with E-state index in [0.717, 1.165) is 37.0 Å². The topological polar surface area (TPSA) is 45.4 Å². The molecule has 1 fully saturated rings. The van der Waals surface area contributed by atoms with Crippen molar-refractivity contribution in [1.29, 1.82) is 0 Å². The first-order valence-corrected chi connectivity index (χ1v) is 8.81. The quantitative estimate of drug-likeness (QED) is 0.841. The van der Waals surface area contributed by atoms with Gasteiger partial charge in [-0.3, -0.25) is 4.90 Å². The second-order valence-electron chi connectivity index (χ2n) is 7.39. The molecule has 3 rings (SSSR count). The molecule has 0 spiro atoms. The molecule has 1 aromatic heterocycles. The molecule has 1 aliphatic heterocycles. The fourth-order valence-corrected chi connectivity index (χ4v) is 3.09. The van der Waals surface area contributed by atoms with E-state index < -0.39 is 0 Å². The van der Waals surface area contributed by atoms with Gasteiger partial charge in [-0.25, -0.2) is 0 Å². The maximum absolute atomic E-state index is 6.10. The average Bonchev–Trinajstić information content (AvgIpc) is 3.04. The van der Waals surface area contributed by atoms with E-state index >= 15 is 0 Å². The van der Waals surface area contributed by atoms with Gasteiger partial charge in [0.1, 0.15) is 0 Å². The normalized spacial score (nSPS) is 18.0. The SMILES string of the molecule is C[C@@H](c1nc(C(C)(C)C)no1)N1CCN(c2cccc(Cl)c2)CC1. The van der Waals surface area contributed by atoms with Gasteiger partial charge in [0, 0.05) is 42.3 Å². The summed E-state index contributed by atoms with van der Waals surface area (Å²) in [6.07, 6.45) is 0. The minimum absolute atomic E-state index is 0.0905. The molecule has 1 aliphatic rings. The van der Waals surface area contributed by atoms with E-state index in [1.807, 2.05) is 18.2 Å². The largest absolute Gasteiger partial charge is 0.369 e. The van der Waals surface area contributed by atoms with Gasteiger partial charge in [0.05, 0.1) is 6.04 Å². The van der Waals surface area contributed by atoms with Crippen LogP contribution in [-0.4, -0.2) is 41.2 Å². The number of aromatic nitrogens is 2. The van der Waals surface area contributed by atoms with Gasteiger partial charge in [-0.05, 0) is 25.1 Å². The van der Waals surface area contributed by atoms with Crippen molar-refractivity contribution in [1.82, 2.24) is 15.0 Å². The highest BCUT2D eigenvalue weighted by Crippen LogP contribution is 2.26. The van der Waals surface area contributed by atoms with Gasteiger partial charge >= 0.3 is 0 Å². The number of benzene rings is 1. The van der Waals surface area contributed by atoms with Crippen LogP contribution in [-0.2, 0) is 5.41 Å². The van der Waals surface area contributed by atoms with Crippen LogP contribution in [0.3, 0.4) is 0 Å². The number of nitrogens with zero attached hydrogens (tertiary/aromatic N) is 4. The zero-order valence-electron chi connectivity index (χ0n) is 14.8. The van der Waals surface area contributed by atoms with Gasteiger partial charge in [0.2, 0.25) is 5.89 Å². The predicted octanol–water partition coefficient (Wildman–Crippen LogP) is 3.90. The van der Waals surface area contributed by atoms with Crippen LogP contribution in [0.5, 0.6) is 0 Å². The lowest BCUT2D eigenvalue weighted by atomic mass is 9.96. The van der Waals surface area contributed by atoms with Crippen LogP contribution >= 0.6 is 11.6 Å². The van der Waals surface area contributed by atoms with E-state index in [2.05, 4.69) is 53.7 Å². The van der Waals surface area contributed by atoms with Crippen molar-refractivity contribution in [2.75, 3.05) is 31.1 Å². The van der Waals surface area contributed by atoms with Crippen molar-refractivity contribution in [3.8, 4) is 0 Å². The molecule has 2 heterocycles. The van der Waals surface area contributed by atoms with Crippen LogP contribution in [0, 0.1) is 0 Å². The fraction of sp³-hybridized carbons (Fsp3) is 0.556. The monoisotopic (exact) mass is 348 g/mol. The minimum atomic E-state index is -0.0905. The van der Waals surface area contributed by atoms with Gasteiger partial charge in [0.25, 0.3) is 0 Å². The summed E-state index contributed by atoms with van der Waals surface area (Å²) in [5.74, 6) is 1.47. The van der Waals surface area contributed by atoms with Crippen LogP contribution in [0.1, 0.15) is 45.5 Å². The summed E-state index contributed by atoms with van der Waals surface area (Å²) in [6, 6.07) is 8.17. The lowest BCUT2D eigenvalue weighted by molar-refractivity contribution is 0.164. The van der Waals surface area contributed by atoms with Gasteiger partial charge < -0.3 is 9.42 Å². The van der Waals surface area contributed by atoms with E-state index in [1.165, 1.54) is 5.69 Å². The molecular weight excluding hydrogens is 324 g/mol. The van der Waals surface area contributed by atoms with Gasteiger partial charge in [-0.2, -0.15) is 4.98 Å². The second-order valence-corrected chi connectivity index (χ2v) is 7.82. The third-order valence-corrected chi connectivity index (χ3v) is 4.74. The Labute approximate surface area is 148 Å². The lowest BCUT2D eigenvalue weighted by Crippen LogP contribution is -2.47. The minimum Gasteiger partial charge on any atom is -0.369 e. The molecule has 1 atom stereocenters. The average molecular weight is 349 g/mol. The second kappa shape index (κ2) is 6.73. The van der Waals surface area contributed by atoms with Crippen molar-refractivity contribution in [2.24, 2.45) is 0 Å². The number of hydrogen-bond acceptors (Lipinski definition) is 5. The van der Waals surface area contributed by atoms with Crippen molar-refractivity contribution in [3.63, 3.8) is 0 Å². The highest BCUT2D eigenvalue weighted by Gasteiger charge is 2.28. The van der Waals surface area contributed by atoms with Gasteiger partial charge in [-0.15, -0.1) is 0 Å². The summed E-state index contributed by atoms with van der Waals surface area (Å²) in [5.41, 5.74) is 1.09. The summed E-state index contributed by atoms with van der Waals surface area (Å²) in [4.78, 5) is 9.35. The molecule has 1 saturated heterocycles. The maximum atomic E-state index is 6.10. The number of halogens is 1. The fourth-order valence-electron chi connectivity index (χ4n) is 2.91. The smallest absolute Gasteiger partial charge is 0.243 e. The third-order valence-electron chi connectivity index (χ3n) is 4.51. The Bertz CT molecular complexity index is 686. The lowest BCUT2D eigenvalue weighted by Gasteiger charge is -2.38. The Balaban J connectivity index is 1.63. The first-order chi connectivity index (χ1) is 11.3. The van der Waals surface area contributed by atoms with Crippen molar-refractivity contribution in [3.05, 3.63) is 41.0 Å². The Hall–Kier alpha value is -1.59. The highest BCUT2D eigenvalue weighted by atomic mass is 35.5. The Kier molecular flexibility index (Phi) is 4.83. The maximum Gasteiger partial charge on any atom is 0.243 e. The van der Waals surface area contributed by atoms with Gasteiger partial charge in [0.15, 0.2) is 5.82 Å². The number of hydrogen-bond donors (Lipinski definition) is 0. The van der Waals surface area contributed by atoms with Gasteiger partial charge in [-0.1, -0.05) is 43.6 Å². The van der Waals surface area contributed by atoms with Crippen LogP contribution in [0.25, 0.3) is 0 Å². The van der Waals surface area contributed by atoms with Crippen LogP contribution in [0.4, 0.5) is 5.69 Å². The molecular formula is C18H25ClN4O. The van der Waals surface area contributed by atoms with Crippen LogP contribution < -0.4 is 4.90 Å². The van der Waals surface area contributed by atoms with E-state index in [9.17, 15) is 0 Å². The molecule has 0 radical (unpaired) electrons. The molecule has 0 unspecified atom stereocenters. The van der Waals surface area contributed by atoms with Crippen LogP contribution in [0.2, 0.25) is 5.02 Å². The molecule has 0 bridgehead atoms. The summed E-state index contributed by atoms with van der Waals surface area (Å²) < 4.78 is 5.50. The predicted molar refractivity (Wildman–Crippen MR) is 96.7 cm³/mol. The zero-order chi connectivity index (χ0) is 17.3. The molecule has 2 aromatic rings. The summed E-state index contributed by atoms with van der Waals surface area (Å²) in [6.45, 7) is 12.3. The highest BCUT2D eigenvalue weighted by molar-refractivity contribution is 6.30. The first-order valence-electron chi connectivity index (χ1n) is 8.43. The molecule has 0 saturated carbocycles. The van der Waals surface area contributed by atoms with Crippen molar-refractivity contribution in [2.45, 2.75) is 39.2 Å². The Morgan fingerprint density at radius 1 is 1.17 bits per heavy atom. The Morgan fingerprint density at radius 2 is 1.88 bits per heavy atom. The van der Waals surface area contributed by atoms with E-state index in [-0.39, 0.29) is 11.5 Å². The summed E-state index contributed by atoms with van der Waals surface area (Å²) in [5, 5.41) is 4.92. The molecule has 5 nitrogen and oxygen atoms in total. The first kappa shape index (κ1) is 17.2. The van der Waals surface area contributed by atoms with Crippen molar-refractivity contribution < 1.29 is 4.52 Å². The molecule has 1 aromatic carbocycles. The van der Waals surface area contributed by atoms with E-state index in [0.29, 0.717) is 5.89 Å². The van der Waals surface area contributed by atoms with E-state index in [1.54, 1.807) is 0 Å². The standard InChI is InChI=1S/C18H25ClN4O/c1-13(16-20-17(21-24-16)18(2,3)4)22-8-10-23(11-9-22)15-7-5-6-14(19)12-15/h5-7,12-13H,8-11H2,1-4H3/t13-/m0/s1. The molecule has 0 aliphatic carbocycles. The Morgan fingerprint density at radius 3 is 2.46 bits per heavy atom. The molecule has 0 N–H and O–H groups in total. The molecule has 0 amide bonds. The molecule has 24 heavy (non-hydrogen) atoms. The number of piperazine rings is 1. The summed E-state index contributed by atoms with van der Waals surface area (Å²) >= 11 is 6.10. The molecule has 6 heteroatoms. The number of anilines is 1. The zero-order valence-corrected chi connectivity index (χ0v) is 15.5. The van der Waals surface area contributed by atoms with Crippen LogP contribution in [0.15, 0.2) is 28.8 Å². The van der Waals surface area contributed by atoms with E-state index in [4.69, 9.17) is 16.1 Å². The number of rotatable bonds is 3. The van der Waals surface area contributed by atoms with Crippen molar-refractivity contribution >= 4 is 17.3 Å². The molecule has 130 valence electrons. The summed E-state index contributed by atoms with van der Waals surface area (Å²) in [7, 11) is 0.